The van der Waals surface area contributed by atoms with Gasteiger partial charge in [0.15, 0.2) is 5.03 Å². The Hall–Kier alpha value is -0.920. The quantitative estimate of drug-likeness (QED) is 0.866. The van der Waals surface area contributed by atoms with Crippen molar-refractivity contribution in [1.82, 2.24) is 19.8 Å². The molecule has 2 N–H and O–H groups in total. The molecule has 2 atom stereocenters. The van der Waals surface area contributed by atoms with Crippen LogP contribution in [0.5, 0.6) is 0 Å². The number of nitrogens with zero attached hydrogens (tertiary/aromatic N) is 2. The third-order valence-electron chi connectivity index (χ3n) is 4.48. The number of hydrogen-bond acceptors (Lipinski definition) is 4. The lowest BCUT2D eigenvalue weighted by atomic mass is 10.0. The SMILES string of the molecule is C[C@@H]1CCC[C@H](C)N1S(=O)(=O)c1[nH]ncc1CNC1CC1. The molecule has 1 saturated heterocycles. The fourth-order valence-corrected chi connectivity index (χ4v) is 5.16. The Morgan fingerprint density at radius 3 is 2.57 bits per heavy atom. The van der Waals surface area contributed by atoms with Crippen LogP contribution < -0.4 is 5.32 Å². The Morgan fingerprint density at radius 1 is 1.29 bits per heavy atom. The maximum absolute atomic E-state index is 13.0. The van der Waals surface area contributed by atoms with Gasteiger partial charge in [0.1, 0.15) is 0 Å². The molecule has 0 unspecified atom stereocenters. The molecule has 1 aliphatic heterocycles. The summed E-state index contributed by atoms with van der Waals surface area (Å²) in [5, 5.41) is 10.3. The second-order valence-corrected chi connectivity index (χ2v) is 8.12. The highest BCUT2D eigenvalue weighted by molar-refractivity contribution is 7.89. The fraction of sp³-hybridized carbons (Fsp3) is 0.786. The van der Waals surface area contributed by atoms with E-state index >= 15 is 0 Å². The van der Waals surface area contributed by atoms with Crippen molar-refractivity contribution in [3.63, 3.8) is 0 Å². The Balaban J connectivity index is 1.84. The van der Waals surface area contributed by atoms with E-state index in [9.17, 15) is 8.42 Å². The molecule has 118 valence electrons. The minimum absolute atomic E-state index is 0.0475. The molecule has 2 heterocycles. The van der Waals surface area contributed by atoms with Gasteiger partial charge in [-0.2, -0.15) is 9.40 Å². The average molecular weight is 312 g/mol. The van der Waals surface area contributed by atoms with Gasteiger partial charge in [0.25, 0.3) is 10.0 Å². The molecule has 1 saturated carbocycles. The van der Waals surface area contributed by atoms with Gasteiger partial charge in [0.05, 0.1) is 6.20 Å². The summed E-state index contributed by atoms with van der Waals surface area (Å²) in [6, 6.07) is 0.640. The summed E-state index contributed by atoms with van der Waals surface area (Å²) < 4.78 is 27.6. The molecular formula is C14H24N4O2S. The molecule has 0 bridgehead atoms. The highest BCUT2D eigenvalue weighted by Crippen LogP contribution is 2.30. The van der Waals surface area contributed by atoms with Crippen molar-refractivity contribution in [1.29, 1.82) is 0 Å². The molecule has 1 aliphatic carbocycles. The van der Waals surface area contributed by atoms with Gasteiger partial charge in [-0.05, 0) is 39.5 Å². The van der Waals surface area contributed by atoms with Crippen molar-refractivity contribution in [2.75, 3.05) is 0 Å². The van der Waals surface area contributed by atoms with Crippen LogP contribution in [0.15, 0.2) is 11.2 Å². The maximum Gasteiger partial charge on any atom is 0.260 e. The van der Waals surface area contributed by atoms with E-state index in [1.54, 1.807) is 10.5 Å². The van der Waals surface area contributed by atoms with Crippen LogP contribution in [0.3, 0.4) is 0 Å². The molecule has 1 aromatic rings. The monoisotopic (exact) mass is 312 g/mol. The van der Waals surface area contributed by atoms with Crippen molar-refractivity contribution in [3.05, 3.63) is 11.8 Å². The maximum atomic E-state index is 13.0. The first-order valence-electron chi connectivity index (χ1n) is 7.79. The van der Waals surface area contributed by atoms with Crippen molar-refractivity contribution >= 4 is 10.0 Å². The van der Waals surface area contributed by atoms with Gasteiger partial charge in [0.2, 0.25) is 0 Å². The summed E-state index contributed by atoms with van der Waals surface area (Å²) in [5.41, 5.74) is 0.742. The van der Waals surface area contributed by atoms with Gasteiger partial charge < -0.3 is 5.32 Å². The highest BCUT2D eigenvalue weighted by Gasteiger charge is 2.37. The molecule has 2 fully saturated rings. The predicted octanol–water partition coefficient (Wildman–Crippen LogP) is 1.61. The van der Waals surface area contributed by atoms with E-state index in [0.29, 0.717) is 12.6 Å². The Labute approximate surface area is 126 Å². The first-order chi connectivity index (χ1) is 10.00. The summed E-state index contributed by atoms with van der Waals surface area (Å²) in [6.45, 7) is 4.55. The van der Waals surface area contributed by atoms with E-state index < -0.39 is 10.0 Å². The van der Waals surface area contributed by atoms with Gasteiger partial charge in [-0.1, -0.05) is 6.42 Å². The normalized spacial score (nSPS) is 27.9. The van der Waals surface area contributed by atoms with Crippen LogP contribution in [0.1, 0.15) is 51.5 Å². The van der Waals surface area contributed by atoms with E-state index in [2.05, 4.69) is 15.5 Å². The minimum Gasteiger partial charge on any atom is -0.310 e. The van der Waals surface area contributed by atoms with Gasteiger partial charge in [-0.15, -0.1) is 0 Å². The zero-order valence-corrected chi connectivity index (χ0v) is 13.5. The number of aromatic nitrogens is 2. The number of nitrogens with one attached hydrogen (secondary N) is 2. The summed E-state index contributed by atoms with van der Waals surface area (Å²) in [6.07, 6.45) is 6.93. The molecule has 0 aromatic carbocycles. The van der Waals surface area contributed by atoms with Crippen LogP contribution in [-0.4, -0.2) is 41.0 Å². The standard InChI is InChI=1S/C14H24N4O2S/c1-10-4-3-5-11(2)18(10)21(19,20)14-12(9-16-17-14)8-15-13-6-7-13/h9-11,13,15H,3-8H2,1-2H3,(H,16,17)/t10-,11+. The number of rotatable bonds is 5. The molecule has 7 heteroatoms. The summed E-state index contributed by atoms with van der Waals surface area (Å²) in [7, 11) is -3.50. The zero-order valence-electron chi connectivity index (χ0n) is 12.7. The third kappa shape index (κ3) is 3.00. The van der Waals surface area contributed by atoms with Crippen LogP contribution in [0.25, 0.3) is 0 Å². The van der Waals surface area contributed by atoms with E-state index in [4.69, 9.17) is 0 Å². The summed E-state index contributed by atoms with van der Waals surface area (Å²) in [4.78, 5) is 0. The lowest BCUT2D eigenvalue weighted by Gasteiger charge is -2.37. The topological polar surface area (TPSA) is 78.1 Å². The zero-order chi connectivity index (χ0) is 15.0. The summed E-state index contributed by atoms with van der Waals surface area (Å²) >= 11 is 0. The van der Waals surface area contributed by atoms with E-state index in [0.717, 1.165) is 24.8 Å². The first-order valence-corrected chi connectivity index (χ1v) is 9.23. The van der Waals surface area contributed by atoms with Crippen LogP contribution in [0.4, 0.5) is 0 Å². The number of sulfonamides is 1. The molecular weight excluding hydrogens is 288 g/mol. The second-order valence-electron chi connectivity index (χ2n) is 6.34. The van der Waals surface area contributed by atoms with Crippen molar-refractivity contribution < 1.29 is 8.42 Å². The minimum atomic E-state index is -3.50. The Kier molecular flexibility index (Phi) is 4.07. The fourth-order valence-electron chi connectivity index (χ4n) is 3.17. The van der Waals surface area contributed by atoms with Crippen LogP contribution in [-0.2, 0) is 16.6 Å². The van der Waals surface area contributed by atoms with Crippen molar-refractivity contribution in [3.8, 4) is 0 Å². The lowest BCUT2D eigenvalue weighted by molar-refractivity contribution is 0.203. The Bertz CT molecular complexity index is 584. The van der Waals surface area contributed by atoms with Crippen molar-refractivity contribution in [2.24, 2.45) is 0 Å². The van der Waals surface area contributed by atoms with Gasteiger partial charge in [-0.3, -0.25) is 5.10 Å². The average Bonchev–Trinajstić information content (AvgIpc) is 3.12. The van der Waals surface area contributed by atoms with E-state index in [1.807, 2.05) is 13.8 Å². The second kappa shape index (κ2) is 5.70. The van der Waals surface area contributed by atoms with E-state index in [-0.39, 0.29) is 17.1 Å². The molecule has 6 nitrogen and oxygen atoms in total. The van der Waals surface area contributed by atoms with Crippen LogP contribution in [0, 0.1) is 0 Å². The smallest absolute Gasteiger partial charge is 0.260 e. The third-order valence-corrected chi connectivity index (χ3v) is 6.63. The first kappa shape index (κ1) is 15.0. The number of hydrogen-bond donors (Lipinski definition) is 2. The van der Waals surface area contributed by atoms with Crippen LogP contribution >= 0.6 is 0 Å². The molecule has 2 aliphatic rings. The molecule has 0 radical (unpaired) electrons. The summed E-state index contributed by atoms with van der Waals surface area (Å²) in [5.74, 6) is 0. The predicted molar refractivity (Wildman–Crippen MR) is 80.2 cm³/mol. The highest BCUT2D eigenvalue weighted by atomic mass is 32.2. The molecule has 3 rings (SSSR count). The number of aromatic amines is 1. The van der Waals surface area contributed by atoms with Gasteiger partial charge in [0, 0.05) is 30.2 Å². The lowest BCUT2D eigenvalue weighted by Crippen LogP contribution is -2.47. The molecule has 1 aromatic heterocycles. The van der Waals surface area contributed by atoms with Crippen LogP contribution in [0.2, 0.25) is 0 Å². The van der Waals surface area contributed by atoms with E-state index in [1.165, 1.54) is 12.8 Å². The largest absolute Gasteiger partial charge is 0.310 e. The van der Waals surface area contributed by atoms with Gasteiger partial charge >= 0.3 is 0 Å². The Morgan fingerprint density at radius 2 is 1.95 bits per heavy atom. The number of piperidine rings is 1. The van der Waals surface area contributed by atoms with Crippen molar-refractivity contribution in [2.45, 2.75) is 75.6 Å². The molecule has 21 heavy (non-hydrogen) atoms. The van der Waals surface area contributed by atoms with Gasteiger partial charge in [-0.25, -0.2) is 8.42 Å². The molecule has 0 amide bonds. The molecule has 0 spiro atoms. The number of H-pyrrole nitrogens is 1.